The van der Waals surface area contributed by atoms with Crippen LogP contribution in [0.5, 0.6) is 5.75 Å². The number of carbonyl (C=O) groups excluding carboxylic acids is 1. The molecule has 0 spiro atoms. The summed E-state index contributed by atoms with van der Waals surface area (Å²) in [7, 11) is 1.48. The molecule has 0 saturated carbocycles. The fourth-order valence-electron chi connectivity index (χ4n) is 1.99. The molecule has 0 aliphatic rings. The molecule has 0 radical (unpaired) electrons. The van der Waals surface area contributed by atoms with Crippen molar-refractivity contribution >= 4 is 11.9 Å². The van der Waals surface area contributed by atoms with Gasteiger partial charge in [-0.1, -0.05) is 26.0 Å². The zero-order valence-corrected chi connectivity index (χ0v) is 14.0. The van der Waals surface area contributed by atoms with Crippen molar-refractivity contribution < 1.29 is 24.2 Å². The number of ether oxygens (including phenoxy) is 2. The lowest BCUT2D eigenvalue weighted by molar-refractivity contribution is -0.143. The van der Waals surface area contributed by atoms with E-state index in [0.717, 1.165) is 5.56 Å². The van der Waals surface area contributed by atoms with Gasteiger partial charge in [-0.05, 0) is 30.5 Å². The molecule has 0 bridgehead atoms. The molecule has 0 fully saturated rings. The Hall–Kier alpha value is -2.08. The molecule has 2 atom stereocenters. The van der Waals surface area contributed by atoms with Gasteiger partial charge in [0, 0.05) is 20.1 Å². The second kappa shape index (κ2) is 9.15. The van der Waals surface area contributed by atoms with Gasteiger partial charge >= 0.3 is 5.97 Å². The standard InChI is InChI=1S/C17H25NO5/c1-11(2)13-6-5-7-14(10-13)23-12(3)16(19)18-15(17(20)21)8-9-22-4/h5-7,10-12,15H,8-9H2,1-4H3,(H,18,19)(H,20,21). The summed E-state index contributed by atoms with van der Waals surface area (Å²) in [6.07, 6.45) is -0.588. The Morgan fingerprint density at radius 2 is 1.96 bits per heavy atom. The second-order valence-electron chi connectivity index (χ2n) is 5.67. The van der Waals surface area contributed by atoms with Gasteiger partial charge in [0.1, 0.15) is 11.8 Å². The third-order valence-corrected chi connectivity index (χ3v) is 3.43. The maximum Gasteiger partial charge on any atom is 0.326 e. The van der Waals surface area contributed by atoms with Crippen LogP contribution < -0.4 is 10.1 Å². The van der Waals surface area contributed by atoms with Crippen LogP contribution in [0.3, 0.4) is 0 Å². The molecule has 2 N–H and O–H groups in total. The van der Waals surface area contributed by atoms with Gasteiger partial charge in [0.15, 0.2) is 6.10 Å². The number of amides is 1. The molecular formula is C17H25NO5. The Labute approximate surface area is 136 Å². The number of aliphatic carboxylic acids is 1. The summed E-state index contributed by atoms with van der Waals surface area (Å²) in [5.74, 6) is -0.622. The van der Waals surface area contributed by atoms with Crippen molar-refractivity contribution in [2.24, 2.45) is 0 Å². The van der Waals surface area contributed by atoms with E-state index in [0.29, 0.717) is 11.7 Å². The van der Waals surface area contributed by atoms with Gasteiger partial charge in [-0.15, -0.1) is 0 Å². The van der Waals surface area contributed by atoms with Crippen LogP contribution in [0.1, 0.15) is 38.7 Å². The normalized spacial score (nSPS) is 13.4. The van der Waals surface area contributed by atoms with Gasteiger partial charge < -0.3 is 19.9 Å². The van der Waals surface area contributed by atoms with Crippen molar-refractivity contribution in [3.63, 3.8) is 0 Å². The van der Waals surface area contributed by atoms with Crippen LogP contribution in [0.2, 0.25) is 0 Å². The van der Waals surface area contributed by atoms with E-state index >= 15 is 0 Å². The Morgan fingerprint density at radius 1 is 1.26 bits per heavy atom. The van der Waals surface area contributed by atoms with E-state index in [1.54, 1.807) is 13.0 Å². The van der Waals surface area contributed by atoms with Gasteiger partial charge in [0.2, 0.25) is 0 Å². The first-order chi connectivity index (χ1) is 10.8. The maximum atomic E-state index is 12.1. The minimum absolute atomic E-state index is 0.202. The molecular weight excluding hydrogens is 298 g/mol. The lowest BCUT2D eigenvalue weighted by Gasteiger charge is -2.19. The third-order valence-electron chi connectivity index (χ3n) is 3.43. The van der Waals surface area contributed by atoms with E-state index in [9.17, 15) is 9.59 Å². The average molecular weight is 323 g/mol. The van der Waals surface area contributed by atoms with E-state index in [1.165, 1.54) is 7.11 Å². The number of rotatable bonds is 9. The number of carboxylic acids is 1. The summed E-state index contributed by atoms with van der Waals surface area (Å²) in [6.45, 7) is 5.99. The molecule has 0 aliphatic heterocycles. The lowest BCUT2D eigenvalue weighted by Crippen LogP contribution is -2.46. The first-order valence-corrected chi connectivity index (χ1v) is 7.63. The van der Waals surface area contributed by atoms with Crippen molar-refractivity contribution in [2.45, 2.75) is 45.3 Å². The van der Waals surface area contributed by atoms with Crippen molar-refractivity contribution in [1.29, 1.82) is 0 Å². The average Bonchev–Trinajstić information content (AvgIpc) is 2.51. The molecule has 6 heteroatoms. The smallest absolute Gasteiger partial charge is 0.326 e. The summed E-state index contributed by atoms with van der Waals surface area (Å²) >= 11 is 0. The van der Waals surface area contributed by atoms with Crippen LogP contribution in [-0.2, 0) is 14.3 Å². The number of carboxylic acid groups (broad SMARTS) is 1. The van der Waals surface area contributed by atoms with Gasteiger partial charge in [0.05, 0.1) is 0 Å². The predicted octanol–water partition coefficient (Wildman–Crippen LogP) is 2.18. The van der Waals surface area contributed by atoms with Crippen LogP contribution in [-0.4, -0.2) is 42.8 Å². The SMILES string of the molecule is COCCC(NC(=O)C(C)Oc1cccc(C(C)C)c1)C(=O)O. The fourth-order valence-corrected chi connectivity index (χ4v) is 1.99. The quantitative estimate of drug-likeness (QED) is 0.727. The molecule has 1 amide bonds. The highest BCUT2D eigenvalue weighted by Crippen LogP contribution is 2.21. The van der Waals surface area contributed by atoms with Gasteiger partial charge in [-0.25, -0.2) is 4.79 Å². The first kappa shape index (κ1) is 19.0. The Bertz CT molecular complexity index is 529. The summed E-state index contributed by atoms with van der Waals surface area (Å²) in [6, 6.07) is 6.53. The zero-order chi connectivity index (χ0) is 17.4. The number of nitrogens with one attached hydrogen (secondary N) is 1. The van der Waals surface area contributed by atoms with E-state index in [1.807, 2.05) is 18.2 Å². The predicted molar refractivity (Wildman–Crippen MR) is 86.7 cm³/mol. The molecule has 128 valence electrons. The van der Waals surface area contributed by atoms with Gasteiger partial charge in [0.25, 0.3) is 5.91 Å². The number of hydrogen-bond donors (Lipinski definition) is 2. The summed E-state index contributed by atoms with van der Waals surface area (Å²) in [5.41, 5.74) is 1.11. The minimum atomic E-state index is -1.09. The Kier molecular flexibility index (Phi) is 7.54. The van der Waals surface area contributed by atoms with Crippen LogP contribution in [0.25, 0.3) is 0 Å². The van der Waals surface area contributed by atoms with Crippen LogP contribution >= 0.6 is 0 Å². The van der Waals surface area contributed by atoms with Gasteiger partial charge in [-0.2, -0.15) is 0 Å². The third kappa shape index (κ3) is 6.28. The highest BCUT2D eigenvalue weighted by atomic mass is 16.5. The summed E-state index contributed by atoms with van der Waals surface area (Å²) in [5, 5.41) is 11.6. The minimum Gasteiger partial charge on any atom is -0.481 e. The van der Waals surface area contributed by atoms with Crippen LogP contribution in [0.4, 0.5) is 0 Å². The highest BCUT2D eigenvalue weighted by Gasteiger charge is 2.23. The van der Waals surface area contributed by atoms with Gasteiger partial charge in [-0.3, -0.25) is 4.79 Å². The molecule has 6 nitrogen and oxygen atoms in total. The van der Waals surface area contributed by atoms with Crippen molar-refractivity contribution in [3.8, 4) is 5.75 Å². The summed E-state index contributed by atoms with van der Waals surface area (Å²) < 4.78 is 10.5. The van der Waals surface area contributed by atoms with E-state index in [-0.39, 0.29) is 13.0 Å². The van der Waals surface area contributed by atoms with E-state index in [4.69, 9.17) is 14.6 Å². The Balaban J connectivity index is 2.65. The molecule has 0 aliphatic carbocycles. The molecule has 0 saturated heterocycles. The molecule has 2 unspecified atom stereocenters. The highest BCUT2D eigenvalue weighted by molar-refractivity contribution is 5.86. The van der Waals surface area contributed by atoms with E-state index in [2.05, 4.69) is 19.2 Å². The molecule has 23 heavy (non-hydrogen) atoms. The van der Waals surface area contributed by atoms with Crippen LogP contribution in [0, 0.1) is 0 Å². The number of hydrogen-bond acceptors (Lipinski definition) is 4. The monoisotopic (exact) mass is 323 g/mol. The topological polar surface area (TPSA) is 84.9 Å². The van der Waals surface area contributed by atoms with Crippen molar-refractivity contribution in [2.75, 3.05) is 13.7 Å². The zero-order valence-electron chi connectivity index (χ0n) is 14.0. The lowest BCUT2D eigenvalue weighted by atomic mass is 10.0. The first-order valence-electron chi connectivity index (χ1n) is 7.63. The molecule has 0 heterocycles. The largest absolute Gasteiger partial charge is 0.481 e. The number of methoxy groups -OCH3 is 1. The number of carbonyl (C=O) groups is 2. The second-order valence-corrected chi connectivity index (χ2v) is 5.67. The molecule has 1 aromatic carbocycles. The van der Waals surface area contributed by atoms with Crippen molar-refractivity contribution in [3.05, 3.63) is 29.8 Å². The number of benzene rings is 1. The molecule has 1 aromatic rings. The fraction of sp³-hybridized carbons (Fsp3) is 0.529. The van der Waals surface area contributed by atoms with E-state index < -0.39 is 24.0 Å². The molecule has 1 rings (SSSR count). The Morgan fingerprint density at radius 3 is 2.52 bits per heavy atom. The maximum absolute atomic E-state index is 12.1. The van der Waals surface area contributed by atoms with Crippen molar-refractivity contribution in [1.82, 2.24) is 5.32 Å². The van der Waals surface area contributed by atoms with Crippen LogP contribution in [0.15, 0.2) is 24.3 Å². The molecule has 0 aromatic heterocycles. The summed E-state index contributed by atoms with van der Waals surface area (Å²) in [4.78, 5) is 23.2.